The smallest absolute Gasteiger partial charge is 0.231 e. The molecule has 0 saturated heterocycles. The molecular formula is C23H22ClFNO4-. The summed E-state index contributed by atoms with van der Waals surface area (Å²) in [5.74, 6) is 2.62. The fourth-order valence-corrected chi connectivity index (χ4v) is 3.09. The van der Waals surface area contributed by atoms with E-state index in [1.165, 1.54) is 12.1 Å². The summed E-state index contributed by atoms with van der Waals surface area (Å²) < 4.78 is 35.0. The standard InChI is InChI=1S/C23H22FNO4.ClH/c1-26-22-10-17(4-8-20(22)27-14-16-2-6-19(24)7-3-16)12-25-13-18-5-9-21-23(11-18)29-15-28-21;/h2-11,25H,12-15H2,1H3;1H/p-1. The van der Waals surface area contributed by atoms with Crippen LogP contribution in [0.5, 0.6) is 23.0 Å². The van der Waals surface area contributed by atoms with E-state index in [2.05, 4.69) is 5.32 Å². The lowest BCUT2D eigenvalue weighted by Crippen LogP contribution is -3.00. The second kappa shape index (κ2) is 10.2. The van der Waals surface area contributed by atoms with Gasteiger partial charge in [0.2, 0.25) is 6.79 Å². The van der Waals surface area contributed by atoms with Crippen LogP contribution in [-0.4, -0.2) is 13.9 Å². The highest BCUT2D eigenvalue weighted by atomic mass is 35.5. The molecule has 1 N–H and O–H groups in total. The third-order valence-corrected chi connectivity index (χ3v) is 4.63. The molecule has 7 heteroatoms. The minimum atomic E-state index is -0.260. The summed E-state index contributed by atoms with van der Waals surface area (Å²) in [5.41, 5.74) is 3.10. The van der Waals surface area contributed by atoms with Crippen LogP contribution in [-0.2, 0) is 19.7 Å². The van der Waals surface area contributed by atoms with Gasteiger partial charge in [-0.15, -0.1) is 0 Å². The first kappa shape index (κ1) is 21.7. The molecule has 0 fully saturated rings. The van der Waals surface area contributed by atoms with E-state index in [9.17, 15) is 4.39 Å². The van der Waals surface area contributed by atoms with Crippen LogP contribution in [0.15, 0.2) is 60.7 Å². The maximum Gasteiger partial charge on any atom is 0.231 e. The first-order valence-corrected chi connectivity index (χ1v) is 9.34. The summed E-state index contributed by atoms with van der Waals surface area (Å²) in [4.78, 5) is 0. The van der Waals surface area contributed by atoms with Crippen molar-refractivity contribution in [2.24, 2.45) is 0 Å². The highest BCUT2D eigenvalue weighted by Gasteiger charge is 2.13. The molecule has 0 unspecified atom stereocenters. The van der Waals surface area contributed by atoms with Crippen molar-refractivity contribution in [1.29, 1.82) is 0 Å². The van der Waals surface area contributed by atoms with Crippen molar-refractivity contribution in [3.05, 3.63) is 83.2 Å². The highest BCUT2D eigenvalue weighted by molar-refractivity contribution is 5.45. The molecule has 30 heavy (non-hydrogen) atoms. The molecule has 0 atom stereocenters. The lowest BCUT2D eigenvalue weighted by Gasteiger charge is -2.13. The molecule has 4 rings (SSSR count). The first-order valence-electron chi connectivity index (χ1n) is 9.34. The van der Waals surface area contributed by atoms with Gasteiger partial charge < -0.3 is 36.7 Å². The number of rotatable bonds is 8. The number of hydrogen-bond acceptors (Lipinski definition) is 5. The Morgan fingerprint density at radius 2 is 1.50 bits per heavy atom. The molecule has 3 aromatic rings. The van der Waals surface area contributed by atoms with Gasteiger partial charge in [0.15, 0.2) is 23.0 Å². The third-order valence-electron chi connectivity index (χ3n) is 4.63. The van der Waals surface area contributed by atoms with Crippen molar-refractivity contribution in [2.75, 3.05) is 13.9 Å². The van der Waals surface area contributed by atoms with Gasteiger partial charge in [0.05, 0.1) is 7.11 Å². The third kappa shape index (κ3) is 5.34. The number of hydrogen-bond donors (Lipinski definition) is 1. The SMILES string of the molecule is COc1cc(CNCc2ccc3c(c2)OCO3)ccc1OCc1ccc(F)cc1.[Cl-]. The largest absolute Gasteiger partial charge is 1.00 e. The molecule has 0 amide bonds. The predicted molar refractivity (Wildman–Crippen MR) is 107 cm³/mol. The van der Waals surface area contributed by atoms with Gasteiger partial charge in [0, 0.05) is 13.1 Å². The first-order chi connectivity index (χ1) is 14.2. The average molecular weight is 431 g/mol. The number of fused-ring (bicyclic) bond motifs is 1. The number of methoxy groups -OCH3 is 1. The maximum absolute atomic E-state index is 13.0. The van der Waals surface area contributed by atoms with Crippen LogP contribution >= 0.6 is 0 Å². The van der Waals surface area contributed by atoms with Crippen molar-refractivity contribution >= 4 is 0 Å². The number of ether oxygens (including phenoxy) is 4. The molecule has 3 aromatic carbocycles. The van der Waals surface area contributed by atoms with E-state index >= 15 is 0 Å². The average Bonchev–Trinajstić information content (AvgIpc) is 3.22. The Kier molecular flexibility index (Phi) is 7.38. The fraction of sp³-hybridized carbons (Fsp3) is 0.217. The molecule has 1 aliphatic heterocycles. The van der Waals surface area contributed by atoms with Crippen LogP contribution in [0, 0.1) is 5.82 Å². The Morgan fingerprint density at radius 3 is 2.27 bits per heavy atom. The van der Waals surface area contributed by atoms with Crippen LogP contribution in [0.1, 0.15) is 16.7 Å². The van der Waals surface area contributed by atoms with E-state index in [1.54, 1.807) is 19.2 Å². The molecular weight excluding hydrogens is 409 g/mol. The van der Waals surface area contributed by atoms with Crippen LogP contribution in [0.25, 0.3) is 0 Å². The summed E-state index contributed by atoms with van der Waals surface area (Å²) >= 11 is 0. The molecule has 1 heterocycles. The second-order valence-corrected chi connectivity index (χ2v) is 6.69. The summed E-state index contributed by atoms with van der Waals surface area (Å²) in [6, 6.07) is 18.0. The normalized spacial score (nSPS) is 11.7. The molecule has 1 aliphatic rings. The molecule has 0 aromatic heterocycles. The number of halogens is 2. The van der Waals surface area contributed by atoms with Gasteiger partial charge in [0.1, 0.15) is 12.4 Å². The molecule has 0 bridgehead atoms. The monoisotopic (exact) mass is 430 g/mol. The Hall–Kier alpha value is -2.96. The fourth-order valence-electron chi connectivity index (χ4n) is 3.09. The van der Waals surface area contributed by atoms with E-state index in [4.69, 9.17) is 18.9 Å². The van der Waals surface area contributed by atoms with E-state index in [-0.39, 0.29) is 25.0 Å². The zero-order chi connectivity index (χ0) is 20.1. The van der Waals surface area contributed by atoms with Crippen LogP contribution in [0.4, 0.5) is 4.39 Å². The maximum atomic E-state index is 13.0. The minimum Gasteiger partial charge on any atom is -1.00 e. The lowest BCUT2D eigenvalue weighted by atomic mass is 10.1. The van der Waals surface area contributed by atoms with Crippen molar-refractivity contribution in [3.63, 3.8) is 0 Å². The van der Waals surface area contributed by atoms with Crippen LogP contribution < -0.4 is 36.7 Å². The quantitative estimate of drug-likeness (QED) is 0.586. The zero-order valence-electron chi connectivity index (χ0n) is 16.5. The minimum absolute atomic E-state index is 0. The predicted octanol–water partition coefficient (Wildman–Crippen LogP) is 1.44. The van der Waals surface area contributed by atoms with Gasteiger partial charge in [0.25, 0.3) is 0 Å². The van der Waals surface area contributed by atoms with Crippen LogP contribution in [0.2, 0.25) is 0 Å². The molecule has 5 nitrogen and oxygen atoms in total. The van der Waals surface area contributed by atoms with Gasteiger partial charge in [-0.3, -0.25) is 0 Å². The molecule has 0 aliphatic carbocycles. The molecule has 0 spiro atoms. The lowest BCUT2D eigenvalue weighted by molar-refractivity contribution is -0.00000857. The summed E-state index contributed by atoms with van der Waals surface area (Å²) in [6.07, 6.45) is 0. The van der Waals surface area contributed by atoms with Gasteiger partial charge in [-0.25, -0.2) is 4.39 Å². The van der Waals surface area contributed by atoms with Crippen molar-refractivity contribution < 1.29 is 35.7 Å². The van der Waals surface area contributed by atoms with Gasteiger partial charge in [-0.2, -0.15) is 0 Å². The molecule has 0 radical (unpaired) electrons. The summed E-state index contributed by atoms with van der Waals surface area (Å²) in [6.45, 7) is 2.02. The topological polar surface area (TPSA) is 49.0 Å². The van der Waals surface area contributed by atoms with Gasteiger partial charge >= 0.3 is 0 Å². The van der Waals surface area contributed by atoms with Gasteiger partial charge in [-0.1, -0.05) is 24.3 Å². The van der Waals surface area contributed by atoms with Crippen molar-refractivity contribution in [1.82, 2.24) is 5.32 Å². The zero-order valence-corrected chi connectivity index (χ0v) is 17.2. The Morgan fingerprint density at radius 1 is 0.833 bits per heavy atom. The van der Waals surface area contributed by atoms with E-state index in [1.807, 2.05) is 36.4 Å². The molecule has 0 saturated carbocycles. The second-order valence-electron chi connectivity index (χ2n) is 6.69. The van der Waals surface area contributed by atoms with Crippen LogP contribution in [0.3, 0.4) is 0 Å². The Labute approximate surface area is 181 Å². The van der Waals surface area contributed by atoms with Crippen molar-refractivity contribution in [3.8, 4) is 23.0 Å². The van der Waals surface area contributed by atoms with E-state index in [0.29, 0.717) is 31.2 Å². The summed E-state index contributed by atoms with van der Waals surface area (Å²) in [5, 5.41) is 3.41. The highest BCUT2D eigenvalue weighted by Crippen LogP contribution is 2.32. The summed E-state index contributed by atoms with van der Waals surface area (Å²) in [7, 11) is 1.61. The van der Waals surface area contributed by atoms with E-state index < -0.39 is 0 Å². The van der Waals surface area contributed by atoms with Gasteiger partial charge in [-0.05, 0) is 53.1 Å². The number of benzene rings is 3. The molecule has 158 valence electrons. The van der Waals surface area contributed by atoms with E-state index in [0.717, 1.165) is 28.2 Å². The Bertz CT molecular complexity index is 981. The number of nitrogens with one attached hydrogen (secondary N) is 1. The van der Waals surface area contributed by atoms with Crippen molar-refractivity contribution in [2.45, 2.75) is 19.7 Å². The Balaban J connectivity index is 0.00000256.